The van der Waals surface area contributed by atoms with Gasteiger partial charge in [-0.1, -0.05) is 31.8 Å². The van der Waals surface area contributed by atoms with Gasteiger partial charge in [-0.25, -0.2) is 0 Å². The van der Waals surface area contributed by atoms with Crippen LogP contribution in [-0.4, -0.2) is 19.8 Å². The zero-order valence-corrected chi connectivity index (χ0v) is 8.22. The van der Waals surface area contributed by atoms with Crippen LogP contribution in [0.2, 0.25) is 25.7 Å². The predicted octanol–water partition coefficient (Wildman–Crippen LogP) is 2.26. The summed E-state index contributed by atoms with van der Waals surface area (Å²) in [5, 5.41) is 8.46. The summed E-state index contributed by atoms with van der Waals surface area (Å²) < 4.78 is 0. The topological polar surface area (TPSA) is 20.2 Å². The summed E-state index contributed by atoms with van der Waals surface area (Å²) in [4.78, 5) is 0. The van der Waals surface area contributed by atoms with Crippen LogP contribution in [0.15, 0.2) is 12.2 Å². The summed E-state index contributed by atoms with van der Waals surface area (Å²) in [5.74, 6) is 0. The van der Waals surface area contributed by atoms with Gasteiger partial charge >= 0.3 is 0 Å². The van der Waals surface area contributed by atoms with Crippen molar-refractivity contribution in [2.45, 2.75) is 32.1 Å². The Kier molecular flexibility index (Phi) is 4.65. The van der Waals surface area contributed by atoms with Crippen LogP contribution in [0, 0.1) is 0 Å². The lowest BCUT2D eigenvalue weighted by Gasteiger charge is -2.11. The number of aliphatic hydroxyl groups is 1. The Morgan fingerprint density at radius 1 is 1.20 bits per heavy atom. The lowest BCUT2D eigenvalue weighted by Crippen LogP contribution is -2.17. The van der Waals surface area contributed by atoms with Crippen molar-refractivity contribution in [2.75, 3.05) is 6.61 Å². The Bertz CT molecular complexity index is 102. The van der Waals surface area contributed by atoms with Gasteiger partial charge in [-0.15, -0.1) is 0 Å². The van der Waals surface area contributed by atoms with Crippen molar-refractivity contribution in [3.63, 3.8) is 0 Å². The van der Waals surface area contributed by atoms with E-state index in [4.69, 9.17) is 5.11 Å². The molecular weight excluding hydrogens is 140 g/mol. The van der Waals surface area contributed by atoms with Gasteiger partial charge in [0.25, 0.3) is 0 Å². The highest BCUT2D eigenvalue weighted by Crippen LogP contribution is 2.08. The summed E-state index contributed by atoms with van der Waals surface area (Å²) in [7, 11) is -0.876. The lowest BCUT2D eigenvalue weighted by molar-refractivity contribution is 0.302. The van der Waals surface area contributed by atoms with Crippen LogP contribution >= 0.6 is 0 Å². The first kappa shape index (κ1) is 9.92. The molecule has 1 N–H and O–H groups in total. The molecule has 0 amide bonds. The van der Waals surface area contributed by atoms with Crippen molar-refractivity contribution in [1.29, 1.82) is 0 Å². The van der Waals surface area contributed by atoms with Crippen LogP contribution in [0.4, 0.5) is 0 Å². The van der Waals surface area contributed by atoms with Gasteiger partial charge in [-0.05, 0) is 12.5 Å². The lowest BCUT2D eigenvalue weighted by atomic mass is 10.4. The van der Waals surface area contributed by atoms with Gasteiger partial charge in [0, 0.05) is 14.7 Å². The van der Waals surface area contributed by atoms with E-state index in [9.17, 15) is 0 Å². The van der Waals surface area contributed by atoms with Gasteiger partial charge in [0.05, 0.1) is 0 Å². The Morgan fingerprint density at radius 3 is 2.20 bits per heavy atom. The molecule has 0 atom stereocenters. The number of rotatable bonds is 4. The summed E-state index contributed by atoms with van der Waals surface area (Å²) in [6.45, 7) is 7.31. The molecule has 1 nitrogen and oxygen atoms in total. The molecule has 0 bridgehead atoms. The minimum absolute atomic E-state index is 0.280. The highest BCUT2D eigenvalue weighted by Gasteiger charge is 2.08. The molecule has 0 spiro atoms. The van der Waals surface area contributed by atoms with Crippen LogP contribution in [0.5, 0.6) is 0 Å². The van der Waals surface area contributed by atoms with Crippen molar-refractivity contribution >= 4 is 8.07 Å². The number of hydrogen-bond acceptors (Lipinski definition) is 1. The molecule has 0 aliphatic carbocycles. The highest BCUT2D eigenvalue weighted by atomic mass is 28.3. The predicted molar refractivity (Wildman–Crippen MR) is 49.0 cm³/mol. The summed E-state index contributed by atoms with van der Waals surface area (Å²) >= 11 is 0. The maximum absolute atomic E-state index is 8.46. The Labute approximate surface area is 64.8 Å². The molecule has 0 aliphatic heterocycles. The van der Waals surface area contributed by atoms with Crippen molar-refractivity contribution < 1.29 is 5.11 Å². The van der Waals surface area contributed by atoms with E-state index in [0.717, 1.165) is 6.42 Å². The quantitative estimate of drug-likeness (QED) is 0.491. The monoisotopic (exact) mass is 158 g/mol. The largest absolute Gasteiger partial charge is 0.396 e. The van der Waals surface area contributed by atoms with Gasteiger partial charge in [-0.3, -0.25) is 0 Å². The first-order valence-electron chi connectivity index (χ1n) is 3.82. The van der Waals surface area contributed by atoms with E-state index >= 15 is 0 Å². The molecule has 0 aliphatic rings. The first-order valence-corrected chi connectivity index (χ1v) is 7.53. The van der Waals surface area contributed by atoms with Crippen LogP contribution in [-0.2, 0) is 0 Å². The Hall–Kier alpha value is -0.0831. The van der Waals surface area contributed by atoms with E-state index in [1.165, 1.54) is 6.04 Å². The van der Waals surface area contributed by atoms with Crippen LogP contribution in [0.25, 0.3) is 0 Å². The molecule has 0 saturated carbocycles. The molecule has 0 unspecified atom stereocenters. The van der Waals surface area contributed by atoms with E-state index in [0.29, 0.717) is 0 Å². The zero-order chi connectivity index (χ0) is 8.04. The fourth-order valence-corrected chi connectivity index (χ4v) is 1.50. The third-order valence-corrected chi connectivity index (χ3v) is 2.65. The molecule has 0 aromatic rings. The molecular formula is C8H18OSi. The van der Waals surface area contributed by atoms with Gasteiger partial charge in [0.1, 0.15) is 0 Å². The molecule has 60 valence electrons. The Balaban J connectivity index is 3.34. The van der Waals surface area contributed by atoms with Crippen molar-refractivity contribution in [3.8, 4) is 0 Å². The smallest absolute Gasteiger partial charge is 0.0480 e. The van der Waals surface area contributed by atoms with Gasteiger partial charge < -0.3 is 5.11 Å². The van der Waals surface area contributed by atoms with Crippen LogP contribution in [0.3, 0.4) is 0 Å². The van der Waals surface area contributed by atoms with Crippen LogP contribution in [0.1, 0.15) is 6.42 Å². The third kappa shape index (κ3) is 7.92. The molecule has 0 aromatic carbocycles. The van der Waals surface area contributed by atoms with Crippen LogP contribution < -0.4 is 0 Å². The van der Waals surface area contributed by atoms with Gasteiger partial charge in [0.15, 0.2) is 0 Å². The van der Waals surface area contributed by atoms with E-state index < -0.39 is 8.07 Å². The fourth-order valence-electron chi connectivity index (χ4n) is 0.629. The molecule has 0 rings (SSSR count). The van der Waals surface area contributed by atoms with E-state index in [1.54, 1.807) is 0 Å². The minimum atomic E-state index is -0.876. The number of allylic oxidation sites excluding steroid dienone is 1. The minimum Gasteiger partial charge on any atom is -0.396 e. The zero-order valence-electron chi connectivity index (χ0n) is 7.22. The average Bonchev–Trinajstić information content (AvgIpc) is 1.78. The SMILES string of the molecule is C[Si](C)(C)C/C=C\CCO. The molecule has 10 heavy (non-hydrogen) atoms. The Morgan fingerprint density at radius 2 is 1.80 bits per heavy atom. The molecule has 0 fully saturated rings. The summed E-state index contributed by atoms with van der Waals surface area (Å²) in [6, 6.07) is 1.23. The molecule has 0 saturated heterocycles. The molecule has 2 heteroatoms. The normalized spacial score (nSPS) is 12.8. The van der Waals surface area contributed by atoms with Crippen molar-refractivity contribution in [2.24, 2.45) is 0 Å². The third-order valence-electron chi connectivity index (χ3n) is 1.19. The summed E-state index contributed by atoms with van der Waals surface area (Å²) in [5.41, 5.74) is 0. The van der Waals surface area contributed by atoms with Gasteiger partial charge in [0.2, 0.25) is 0 Å². The molecule has 0 aromatic heterocycles. The highest BCUT2D eigenvalue weighted by molar-refractivity contribution is 6.76. The average molecular weight is 158 g/mol. The second-order valence-corrected chi connectivity index (χ2v) is 9.28. The van der Waals surface area contributed by atoms with E-state index in [2.05, 4.69) is 31.8 Å². The second kappa shape index (κ2) is 4.69. The first-order chi connectivity index (χ1) is 4.56. The maximum Gasteiger partial charge on any atom is 0.0480 e. The maximum atomic E-state index is 8.46. The van der Waals surface area contributed by atoms with Crippen molar-refractivity contribution in [3.05, 3.63) is 12.2 Å². The van der Waals surface area contributed by atoms with Crippen molar-refractivity contribution in [1.82, 2.24) is 0 Å². The van der Waals surface area contributed by atoms with Gasteiger partial charge in [-0.2, -0.15) is 0 Å². The van der Waals surface area contributed by atoms with E-state index in [-0.39, 0.29) is 6.61 Å². The molecule has 0 heterocycles. The summed E-state index contributed by atoms with van der Waals surface area (Å²) in [6.07, 6.45) is 5.07. The number of aliphatic hydroxyl groups excluding tert-OH is 1. The van der Waals surface area contributed by atoms with E-state index in [1.807, 2.05) is 0 Å². The second-order valence-electron chi connectivity index (χ2n) is 3.75. The fraction of sp³-hybridized carbons (Fsp3) is 0.750. The molecule has 0 radical (unpaired) electrons. The standard InChI is InChI=1S/C8H18OSi/c1-10(2,3)8-6-4-5-7-9/h4,6,9H,5,7-8H2,1-3H3/b6-4-. The number of hydrogen-bond donors (Lipinski definition) is 1.